The summed E-state index contributed by atoms with van der Waals surface area (Å²) in [5.41, 5.74) is 32.2. The Labute approximate surface area is 575 Å². The van der Waals surface area contributed by atoms with Crippen molar-refractivity contribution in [2.75, 3.05) is 9.80 Å². The molecule has 0 fully saturated rings. The zero-order chi connectivity index (χ0) is 65.5. The van der Waals surface area contributed by atoms with Crippen molar-refractivity contribution in [3.63, 3.8) is 0 Å². The van der Waals surface area contributed by atoms with Gasteiger partial charge in [-0.2, -0.15) is 0 Å². The van der Waals surface area contributed by atoms with Gasteiger partial charge in [-0.15, -0.1) is 0 Å². The van der Waals surface area contributed by atoms with Crippen molar-refractivity contribution in [3.05, 3.63) is 351 Å². The third-order valence-corrected chi connectivity index (χ3v) is 21.0. The number of benzene rings is 16. The standard InChI is InChI=1S/C94H70B2N2/c1-61(2)85-73-53-55-76-88-74(86(62(3)4)92-94(76)98(72-47-27-12-28-48-72)84-52-32-30-50-82(84)96(92)90-79(67-41-21-9-22-42-67)59-70(64-35-15-6-16-36-64)60-80(90)68-43-23-10-24-44-68)54-56-75(87(73)88)93-91(85)95(81-49-29-31-51-83(81)97(93)71-45-25-11-26-46-71)89-77(65-37-17-7-18-38-65)57-69(63-33-13-5-14-34-63)58-78(89)66-39-19-8-20-40-66/h5-62H,1-4H3. The first-order valence-corrected chi connectivity index (χ1v) is 34.8. The minimum absolute atomic E-state index is 0.102. The number of fused-ring (bicyclic) bond motifs is 6. The summed E-state index contributed by atoms with van der Waals surface area (Å²) < 4.78 is 0. The van der Waals surface area contributed by atoms with E-state index in [0.717, 1.165) is 11.4 Å². The molecule has 0 amide bonds. The molecule has 0 saturated carbocycles. The Morgan fingerprint density at radius 2 is 0.490 bits per heavy atom. The van der Waals surface area contributed by atoms with Crippen LogP contribution in [0.5, 0.6) is 0 Å². The molecular weight excluding hydrogens is 1180 g/mol. The number of hydrogen-bond donors (Lipinski definition) is 0. The van der Waals surface area contributed by atoms with Crippen LogP contribution in [-0.2, 0) is 0 Å². The molecule has 0 bridgehead atoms. The van der Waals surface area contributed by atoms with Crippen molar-refractivity contribution in [1.29, 1.82) is 0 Å². The number of anilines is 6. The maximum Gasteiger partial charge on any atom is 0.248 e. The third kappa shape index (κ3) is 9.49. The molecule has 18 rings (SSSR count). The second kappa shape index (κ2) is 24.2. The Morgan fingerprint density at radius 3 is 0.786 bits per heavy atom. The fraction of sp³-hybridized carbons (Fsp3) is 0.0638. The van der Waals surface area contributed by atoms with E-state index in [0.29, 0.717) is 0 Å². The van der Waals surface area contributed by atoms with Gasteiger partial charge >= 0.3 is 0 Å². The molecule has 16 aromatic rings. The highest BCUT2D eigenvalue weighted by Gasteiger charge is 2.45. The molecule has 16 aromatic carbocycles. The van der Waals surface area contributed by atoms with E-state index in [1.54, 1.807) is 0 Å². The lowest BCUT2D eigenvalue weighted by atomic mass is 9.32. The van der Waals surface area contributed by atoms with Gasteiger partial charge in [0.15, 0.2) is 0 Å². The van der Waals surface area contributed by atoms with Gasteiger partial charge < -0.3 is 9.80 Å². The summed E-state index contributed by atoms with van der Waals surface area (Å²) in [6, 6.07) is 128. The lowest BCUT2D eigenvalue weighted by molar-refractivity contribution is 0.881. The summed E-state index contributed by atoms with van der Waals surface area (Å²) in [5.74, 6) is 0.203. The smallest absolute Gasteiger partial charge is 0.248 e. The van der Waals surface area contributed by atoms with E-state index in [1.807, 2.05) is 0 Å². The first kappa shape index (κ1) is 58.8. The fourth-order valence-corrected chi connectivity index (χ4v) is 17.1. The van der Waals surface area contributed by atoms with Crippen LogP contribution in [0.3, 0.4) is 0 Å². The van der Waals surface area contributed by atoms with E-state index < -0.39 is 0 Å². The van der Waals surface area contributed by atoms with Gasteiger partial charge in [0.2, 0.25) is 13.4 Å². The van der Waals surface area contributed by atoms with E-state index in [-0.39, 0.29) is 25.3 Å². The lowest BCUT2D eigenvalue weighted by Gasteiger charge is -2.42. The van der Waals surface area contributed by atoms with Crippen molar-refractivity contribution >= 4 is 113 Å². The molecule has 0 atom stereocenters. The Morgan fingerprint density at radius 1 is 0.235 bits per heavy atom. The molecule has 2 heterocycles. The largest absolute Gasteiger partial charge is 0.311 e. The number of hydrogen-bond acceptors (Lipinski definition) is 2. The summed E-state index contributed by atoms with van der Waals surface area (Å²) in [7, 11) is 0. The number of para-hydroxylation sites is 4. The highest BCUT2D eigenvalue weighted by atomic mass is 15.2. The van der Waals surface area contributed by atoms with E-state index in [1.165, 1.54) is 166 Å². The molecule has 0 radical (unpaired) electrons. The third-order valence-electron chi connectivity index (χ3n) is 21.0. The minimum atomic E-state index is -0.202. The maximum atomic E-state index is 2.64. The Bertz CT molecular complexity index is 5190. The van der Waals surface area contributed by atoms with Crippen molar-refractivity contribution in [2.24, 2.45) is 0 Å². The van der Waals surface area contributed by atoms with E-state index >= 15 is 0 Å². The topological polar surface area (TPSA) is 6.48 Å². The Balaban J connectivity index is 1.01. The van der Waals surface area contributed by atoms with Crippen molar-refractivity contribution in [3.8, 4) is 66.8 Å². The SMILES string of the molecule is CC(C)c1c2c(c3ccc4c(C(C)C)c5c(c6ccc1c3c46)N(c1ccccc1)c1ccccc1B5c1c(-c3ccccc3)cc(-c3ccccc3)cc1-c1ccccc1)N(c1ccccc1)c1ccccc1B2c1c(-c2ccccc2)cc(-c2ccccc2)cc1-c1ccccc1. The second-order valence-electron chi connectivity index (χ2n) is 27.2. The average Bonchev–Trinajstić information content (AvgIpc) is 0.677. The van der Waals surface area contributed by atoms with Crippen LogP contribution in [0.15, 0.2) is 340 Å². The number of nitrogens with zero attached hydrogens (tertiary/aromatic N) is 2. The molecule has 98 heavy (non-hydrogen) atoms. The molecule has 0 N–H and O–H groups in total. The van der Waals surface area contributed by atoms with Gasteiger partial charge in [0.25, 0.3) is 0 Å². The molecule has 0 spiro atoms. The minimum Gasteiger partial charge on any atom is -0.311 e. The zero-order valence-corrected chi connectivity index (χ0v) is 55.5. The van der Waals surface area contributed by atoms with Gasteiger partial charge in [0.1, 0.15) is 0 Å². The Hall–Kier alpha value is -11.7. The van der Waals surface area contributed by atoms with E-state index in [2.05, 4.69) is 377 Å². The van der Waals surface area contributed by atoms with Crippen LogP contribution in [0.25, 0.3) is 99.1 Å². The van der Waals surface area contributed by atoms with Gasteiger partial charge in [0, 0.05) is 44.9 Å². The van der Waals surface area contributed by atoms with E-state index in [4.69, 9.17) is 0 Å². The van der Waals surface area contributed by atoms with Crippen LogP contribution in [-0.4, -0.2) is 13.4 Å². The van der Waals surface area contributed by atoms with Crippen LogP contribution in [0.4, 0.5) is 34.1 Å². The molecule has 0 aliphatic carbocycles. The van der Waals surface area contributed by atoms with Crippen molar-refractivity contribution in [2.45, 2.75) is 39.5 Å². The summed E-state index contributed by atoms with van der Waals surface area (Å²) in [5, 5.41) is 7.70. The van der Waals surface area contributed by atoms with Crippen LogP contribution in [0, 0.1) is 0 Å². The molecule has 0 unspecified atom stereocenters. The predicted octanol–water partition coefficient (Wildman–Crippen LogP) is 21.4. The molecule has 2 nitrogen and oxygen atoms in total. The Kier molecular flexibility index (Phi) is 14.5. The summed E-state index contributed by atoms with van der Waals surface area (Å²) in [6.07, 6.45) is 0. The van der Waals surface area contributed by atoms with Crippen LogP contribution in [0.1, 0.15) is 50.7 Å². The molecule has 2 aliphatic rings. The van der Waals surface area contributed by atoms with Gasteiger partial charge in [0.05, 0.1) is 0 Å². The van der Waals surface area contributed by atoms with Crippen LogP contribution >= 0.6 is 0 Å². The normalized spacial score (nSPS) is 12.6. The molecule has 0 saturated heterocycles. The summed E-state index contributed by atoms with van der Waals surface area (Å²) in [4.78, 5) is 5.27. The van der Waals surface area contributed by atoms with Crippen molar-refractivity contribution in [1.82, 2.24) is 0 Å². The van der Waals surface area contributed by atoms with E-state index in [9.17, 15) is 0 Å². The van der Waals surface area contributed by atoms with Crippen molar-refractivity contribution < 1.29 is 0 Å². The first-order valence-electron chi connectivity index (χ1n) is 34.8. The molecule has 4 heteroatoms. The lowest BCUT2D eigenvalue weighted by Crippen LogP contribution is -2.59. The highest BCUT2D eigenvalue weighted by Crippen LogP contribution is 2.53. The van der Waals surface area contributed by atoms with Gasteiger partial charge in [-0.05, 0) is 194 Å². The van der Waals surface area contributed by atoms with Gasteiger partial charge in [-0.25, -0.2) is 0 Å². The quantitative estimate of drug-likeness (QED) is 0.0889. The van der Waals surface area contributed by atoms with Gasteiger partial charge in [-0.3, -0.25) is 0 Å². The monoisotopic (exact) mass is 1250 g/mol. The molecular formula is C94H70B2N2. The highest BCUT2D eigenvalue weighted by molar-refractivity contribution is 7.01. The average molecular weight is 1250 g/mol. The fourth-order valence-electron chi connectivity index (χ4n) is 17.1. The molecule has 2 aliphatic heterocycles. The summed E-state index contributed by atoms with van der Waals surface area (Å²) >= 11 is 0. The first-order chi connectivity index (χ1) is 48.4. The van der Waals surface area contributed by atoms with Crippen LogP contribution < -0.4 is 42.6 Å². The number of rotatable bonds is 12. The second-order valence-corrected chi connectivity index (χ2v) is 27.2. The van der Waals surface area contributed by atoms with Gasteiger partial charge in [-0.1, -0.05) is 318 Å². The molecule has 462 valence electrons. The predicted molar refractivity (Wildman–Crippen MR) is 423 cm³/mol. The van der Waals surface area contributed by atoms with Crippen LogP contribution in [0.2, 0.25) is 0 Å². The maximum absolute atomic E-state index is 2.64. The molecule has 0 aromatic heterocycles. The summed E-state index contributed by atoms with van der Waals surface area (Å²) in [6.45, 7) is 9.39. The zero-order valence-electron chi connectivity index (χ0n) is 55.5.